The summed E-state index contributed by atoms with van der Waals surface area (Å²) < 4.78 is 59.7. The van der Waals surface area contributed by atoms with E-state index in [9.17, 15) is 26.4 Å². The summed E-state index contributed by atoms with van der Waals surface area (Å²) >= 11 is 0. The number of halogens is 3. The van der Waals surface area contributed by atoms with E-state index in [0.29, 0.717) is 0 Å². The van der Waals surface area contributed by atoms with Crippen molar-refractivity contribution in [1.82, 2.24) is 4.72 Å². The zero-order valence-electron chi connectivity index (χ0n) is 9.08. The third kappa shape index (κ3) is 4.62. The van der Waals surface area contributed by atoms with E-state index < -0.39 is 27.8 Å². The van der Waals surface area contributed by atoms with Gasteiger partial charge in [0.25, 0.3) is 0 Å². The van der Waals surface area contributed by atoms with Crippen molar-refractivity contribution >= 4 is 21.7 Å². The Morgan fingerprint density at radius 2 is 1.67 bits per heavy atom. The summed E-state index contributed by atoms with van der Waals surface area (Å²) in [7, 11) is -3.72. The number of anilines is 1. The summed E-state index contributed by atoms with van der Waals surface area (Å²) in [5.74, 6) is 0. The minimum absolute atomic E-state index is 0.0455. The number of hydrogen-bond acceptors (Lipinski definition) is 3. The molecule has 0 saturated heterocycles. The fourth-order valence-corrected chi connectivity index (χ4v) is 1.46. The number of rotatable bonds is 2. The van der Waals surface area contributed by atoms with E-state index in [-0.39, 0.29) is 5.69 Å². The van der Waals surface area contributed by atoms with Crippen LogP contribution in [0, 0.1) is 0 Å². The Morgan fingerprint density at radius 1 is 1.17 bits per heavy atom. The molecule has 0 fully saturated rings. The molecule has 0 spiro atoms. The molecule has 0 aromatic heterocycles. The Kier molecular flexibility index (Phi) is 3.85. The van der Waals surface area contributed by atoms with Gasteiger partial charge in [-0.1, -0.05) is 0 Å². The van der Waals surface area contributed by atoms with Crippen LogP contribution in [0.5, 0.6) is 0 Å². The molecule has 0 saturated carbocycles. The number of benzene rings is 1. The molecule has 1 aromatic rings. The molecule has 9 heteroatoms. The van der Waals surface area contributed by atoms with E-state index >= 15 is 0 Å². The second kappa shape index (κ2) is 4.84. The van der Waals surface area contributed by atoms with Crippen LogP contribution < -0.4 is 10.0 Å². The number of sulfonamides is 1. The molecule has 100 valence electrons. The van der Waals surface area contributed by atoms with Crippen LogP contribution in [-0.4, -0.2) is 20.7 Å². The molecule has 0 aliphatic rings. The van der Waals surface area contributed by atoms with Gasteiger partial charge in [-0.3, -0.25) is 0 Å². The molecule has 0 radical (unpaired) electrons. The first-order chi connectivity index (χ1) is 8.08. The van der Waals surface area contributed by atoms with Crippen LogP contribution in [0.1, 0.15) is 5.56 Å². The molecule has 0 unspecified atom stereocenters. The molecule has 0 atom stereocenters. The smallest absolute Gasteiger partial charge is 0.307 e. The molecule has 0 heterocycles. The van der Waals surface area contributed by atoms with Crippen molar-refractivity contribution < 1.29 is 26.4 Å². The molecule has 0 bridgehead atoms. The van der Waals surface area contributed by atoms with Gasteiger partial charge in [-0.05, 0) is 24.3 Å². The average molecular weight is 282 g/mol. The lowest BCUT2D eigenvalue weighted by molar-refractivity contribution is -0.137. The lowest BCUT2D eigenvalue weighted by Crippen LogP contribution is -2.33. The Bertz CT molecular complexity index is 537. The van der Waals surface area contributed by atoms with Crippen molar-refractivity contribution in [1.29, 1.82) is 0 Å². The van der Waals surface area contributed by atoms with Crippen LogP contribution in [0.3, 0.4) is 0 Å². The highest BCUT2D eigenvalue weighted by atomic mass is 32.2. The quantitative estimate of drug-likeness (QED) is 0.868. The first-order valence-corrected chi connectivity index (χ1v) is 6.43. The molecule has 5 nitrogen and oxygen atoms in total. The van der Waals surface area contributed by atoms with Crippen LogP contribution in [0.25, 0.3) is 0 Å². The first-order valence-electron chi connectivity index (χ1n) is 4.54. The summed E-state index contributed by atoms with van der Waals surface area (Å²) in [5.41, 5.74) is -0.819. The predicted octanol–water partition coefficient (Wildman–Crippen LogP) is 1.79. The Balaban J connectivity index is 2.73. The minimum atomic E-state index is -4.46. The molecule has 2 N–H and O–H groups in total. The fraction of sp³-hybridized carbons (Fsp3) is 0.222. The summed E-state index contributed by atoms with van der Waals surface area (Å²) in [6.07, 6.45) is -3.69. The first kappa shape index (κ1) is 14.3. The largest absolute Gasteiger partial charge is 0.416 e. The van der Waals surface area contributed by atoms with E-state index in [1.807, 2.05) is 0 Å². The zero-order valence-corrected chi connectivity index (χ0v) is 9.89. The number of carbonyl (C=O) groups excluding carboxylic acids is 1. The van der Waals surface area contributed by atoms with Gasteiger partial charge < -0.3 is 5.32 Å². The fourth-order valence-electron chi connectivity index (χ4n) is 1.07. The number of urea groups is 1. The summed E-state index contributed by atoms with van der Waals surface area (Å²) in [5, 5.41) is 2.08. The number of amides is 2. The number of nitrogens with one attached hydrogen (secondary N) is 2. The highest BCUT2D eigenvalue weighted by Crippen LogP contribution is 2.29. The normalized spacial score (nSPS) is 12.0. The monoisotopic (exact) mass is 282 g/mol. The Hall–Kier alpha value is -1.77. The van der Waals surface area contributed by atoms with Gasteiger partial charge in [0, 0.05) is 5.69 Å². The van der Waals surface area contributed by atoms with Crippen LogP contribution >= 0.6 is 0 Å². The van der Waals surface area contributed by atoms with Crippen molar-refractivity contribution in [3.8, 4) is 0 Å². The van der Waals surface area contributed by atoms with Crippen molar-refractivity contribution in [3.05, 3.63) is 29.8 Å². The summed E-state index contributed by atoms with van der Waals surface area (Å²) in [4.78, 5) is 11.1. The molecular formula is C9H9F3N2O3S. The van der Waals surface area contributed by atoms with Gasteiger partial charge in [0.1, 0.15) is 0 Å². The maximum atomic E-state index is 12.2. The third-order valence-corrected chi connectivity index (χ3v) is 2.30. The van der Waals surface area contributed by atoms with Crippen molar-refractivity contribution in [2.75, 3.05) is 11.6 Å². The van der Waals surface area contributed by atoms with E-state index in [4.69, 9.17) is 0 Å². The van der Waals surface area contributed by atoms with E-state index in [1.165, 1.54) is 0 Å². The van der Waals surface area contributed by atoms with E-state index in [1.54, 1.807) is 4.72 Å². The molecule has 18 heavy (non-hydrogen) atoms. The molecule has 0 aliphatic heterocycles. The second-order valence-electron chi connectivity index (χ2n) is 3.40. The molecule has 0 aliphatic carbocycles. The highest BCUT2D eigenvalue weighted by Gasteiger charge is 2.29. The Labute approximate surface area is 101 Å². The Morgan fingerprint density at radius 3 is 2.06 bits per heavy atom. The number of hydrogen-bond donors (Lipinski definition) is 2. The van der Waals surface area contributed by atoms with Gasteiger partial charge in [0.05, 0.1) is 11.8 Å². The second-order valence-corrected chi connectivity index (χ2v) is 5.15. The van der Waals surface area contributed by atoms with Crippen molar-refractivity contribution in [2.24, 2.45) is 0 Å². The van der Waals surface area contributed by atoms with Crippen LogP contribution in [-0.2, 0) is 16.2 Å². The predicted molar refractivity (Wildman–Crippen MR) is 58.4 cm³/mol. The van der Waals surface area contributed by atoms with Gasteiger partial charge in [-0.25, -0.2) is 17.9 Å². The highest BCUT2D eigenvalue weighted by molar-refractivity contribution is 7.89. The van der Waals surface area contributed by atoms with Gasteiger partial charge in [0.15, 0.2) is 0 Å². The van der Waals surface area contributed by atoms with Crippen LogP contribution in [0.15, 0.2) is 24.3 Å². The van der Waals surface area contributed by atoms with Crippen molar-refractivity contribution in [3.63, 3.8) is 0 Å². The van der Waals surface area contributed by atoms with E-state index in [0.717, 1.165) is 30.5 Å². The van der Waals surface area contributed by atoms with Gasteiger partial charge in [-0.2, -0.15) is 13.2 Å². The topological polar surface area (TPSA) is 75.3 Å². The maximum absolute atomic E-state index is 12.2. The maximum Gasteiger partial charge on any atom is 0.416 e. The molecule has 1 aromatic carbocycles. The summed E-state index contributed by atoms with van der Waals surface area (Å²) in [6.45, 7) is 0. The SMILES string of the molecule is CS(=O)(=O)NC(=O)Nc1ccc(C(F)(F)F)cc1. The van der Waals surface area contributed by atoms with Gasteiger partial charge in [-0.15, -0.1) is 0 Å². The van der Waals surface area contributed by atoms with Crippen LogP contribution in [0.2, 0.25) is 0 Å². The lowest BCUT2D eigenvalue weighted by Gasteiger charge is -2.08. The molecular weight excluding hydrogens is 273 g/mol. The van der Waals surface area contributed by atoms with E-state index in [2.05, 4.69) is 5.32 Å². The van der Waals surface area contributed by atoms with Crippen LogP contribution in [0.4, 0.5) is 23.7 Å². The number of carbonyl (C=O) groups is 1. The minimum Gasteiger partial charge on any atom is -0.307 e. The van der Waals surface area contributed by atoms with Gasteiger partial charge in [0.2, 0.25) is 10.0 Å². The summed E-state index contributed by atoms with van der Waals surface area (Å²) in [6, 6.07) is 2.54. The average Bonchev–Trinajstić information content (AvgIpc) is 2.13. The zero-order chi connectivity index (χ0) is 14.0. The molecule has 1 rings (SSSR count). The number of alkyl halides is 3. The van der Waals surface area contributed by atoms with Crippen molar-refractivity contribution in [2.45, 2.75) is 6.18 Å². The lowest BCUT2D eigenvalue weighted by atomic mass is 10.2. The third-order valence-electron chi connectivity index (χ3n) is 1.75. The van der Waals surface area contributed by atoms with Gasteiger partial charge >= 0.3 is 12.2 Å². The molecule has 2 amide bonds. The standard InChI is InChI=1S/C9H9F3N2O3S/c1-18(16,17)14-8(15)13-7-4-2-6(3-5-7)9(10,11)12/h2-5H,1H3,(H2,13,14,15).